The summed E-state index contributed by atoms with van der Waals surface area (Å²) in [6.07, 6.45) is 0. The summed E-state index contributed by atoms with van der Waals surface area (Å²) in [4.78, 5) is 10.7. The zero-order chi connectivity index (χ0) is 48.8. The molecule has 9 rings (SSSR count). The molecule has 0 unspecified atom stereocenters. The van der Waals surface area contributed by atoms with E-state index < -0.39 is 60.1 Å². The van der Waals surface area contributed by atoms with Gasteiger partial charge in [0.25, 0.3) is 40.5 Å². The Kier molecular flexibility index (Phi) is 11.9. The second kappa shape index (κ2) is 17.1. The van der Waals surface area contributed by atoms with Gasteiger partial charge in [0.2, 0.25) is 0 Å². The molecular weight excluding hydrogens is 1050 g/mol. The molecule has 0 atom stereocenters. The second-order valence-corrected chi connectivity index (χ2v) is 22.1. The Bertz CT molecular complexity index is 3690. The summed E-state index contributed by atoms with van der Waals surface area (Å²) in [6, 6.07) is 28.6. The second-order valence-electron chi connectivity index (χ2n) is 15.0. The maximum absolute atomic E-state index is 12.6. The number of halogens is 4. The summed E-state index contributed by atoms with van der Waals surface area (Å²) in [5.41, 5.74) is 2.16. The summed E-state index contributed by atoms with van der Waals surface area (Å²) in [6.45, 7) is 0. The van der Waals surface area contributed by atoms with Gasteiger partial charge in [0.1, 0.15) is 19.6 Å². The van der Waals surface area contributed by atoms with Crippen molar-refractivity contribution in [3.8, 4) is 0 Å². The molecular formula is C44H28Cl4N4O12S4. The van der Waals surface area contributed by atoms with Gasteiger partial charge in [-0.3, -0.25) is 18.2 Å². The van der Waals surface area contributed by atoms with Crippen LogP contribution in [0, 0.1) is 0 Å². The van der Waals surface area contributed by atoms with E-state index in [-0.39, 0.29) is 109 Å². The molecule has 4 aromatic carbocycles. The smallest absolute Gasteiger partial charge is 0.296 e. The van der Waals surface area contributed by atoms with Crippen LogP contribution in [-0.4, -0.2) is 71.8 Å². The van der Waals surface area contributed by atoms with E-state index in [0.717, 1.165) is 24.3 Å². The minimum absolute atomic E-state index is 0.0816. The summed E-state index contributed by atoms with van der Waals surface area (Å²) in [5.74, 6) is 0. The van der Waals surface area contributed by atoms with Gasteiger partial charge in [0.05, 0.1) is 20.1 Å². The van der Waals surface area contributed by atoms with Gasteiger partial charge in [-0.05, 0) is 72.8 Å². The molecule has 348 valence electrons. The fourth-order valence-electron chi connectivity index (χ4n) is 8.10. The summed E-state index contributed by atoms with van der Waals surface area (Å²) in [5, 5.41) is -0.526. The molecule has 0 radical (unpaired) electrons. The van der Waals surface area contributed by atoms with Crippen LogP contribution in [-0.2, 0) is 40.5 Å². The van der Waals surface area contributed by atoms with Crippen LogP contribution in [0.1, 0.15) is 45.0 Å². The zero-order valence-corrected chi connectivity index (χ0v) is 40.0. The van der Waals surface area contributed by atoms with Gasteiger partial charge < -0.3 is 19.9 Å². The topological polar surface area (TPSA) is 281 Å². The van der Waals surface area contributed by atoms with Crippen LogP contribution in [0.15, 0.2) is 141 Å². The minimum Gasteiger partial charge on any atom is -0.354 e. The Morgan fingerprint density at radius 2 is 0.500 bits per heavy atom. The molecule has 8 bridgehead atoms. The van der Waals surface area contributed by atoms with E-state index in [0.29, 0.717) is 0 Å². The van der Waals surface area contributed by atoms with Crippen LogP contribution in [0.25, 0.3) is 22.3 Å². The van der Waals surface area contributed by atoms with Gasteiger partial charge in [-0.1, -0.05) is 94.9 Å². The fourth-order valence-corrected chi connectivity index (χ4v) is 12.5. The highest BCUT2D eigenvalue weighted by Crippen LogP contribution is 2.38. The monoisotopic (exact) mass is 1070 g/mol. The average Bonchev–Trinajstić information content (AvgIpc) is 4.09. The highest BCUT2D eigenvalue weighted by Gasteiger charge is 2.27. The molecule has 1 aliphatic rings. The maximum Gasteiger partial charge on any atom is 0.296 e. The number of hydrogen-bond acceptors (Lipinski definition) is 8. The van der Waals surface area contributed by atoms with E-state index in [1.54, 1.807) is 48.5 Å². The van der Waals surface area contributed by atoms with Gasteiger partial charge in [-0.25, -0.2) is 0 Å². The molecule has 8 aromatic rings. The predicted molar refractivity (Wildman–Crippen MR) is 253 cm³/mol. The van der Waals surface area contributed by atoms with Crippen LogP contribution < -0.4 is 21.4 Å². The third-order valence-electron chi connectivity index (χ3n) is 10.9. The highest BCUT2D eigenvalue weighted by molar-refractivity contribution is 7.86. The minimum atomic E-state index is -4.88. The van der Waals surface area contributed by atoms with Crippen molar-refractivity contribution >= 4 is 109 Å². The lowest BCUT2D eigenvalue weighted by molar-refractivity contribution is 0.481. The number of rotatable bonds is 8. The third-order valence-corrected chi connectivity index (χ3v) is 16.6. The van der Waals surface area contributed by atoms with E-state index in [2.05, 4.69) is 19.9 Å². The molecule has 24 heteroatoms. The number of H-pyrrole nitrogens is 4. The zero-order valence-electron chi connectivity index (χ0n) is 33.7. The molecule has 0 saturated carbocycles. The lowest BCUT2D eigenvalue weighted by Crippen LogP contribution is -2.19. The molecule has 4 aromatic heterocycles. The molecule has 16 nitrogen and oxygen atoms in total. The Morgan fingerprint density at radius 3 is 0.691 bits per heavy atom. The Hall–Kier alpha value is -5.72. The van der Waals surface area contributed by atoms with E-state index in [1.807, 2.05) is 0 Å². The highest BCUT2D eigenvalue weighted by atomic mass is 35.5. The van der Waals surface area contributed by atoms with Crippen LogP contribution >= 0.6 is 46.4 Å². The largest absolute Gasteiger partial charge is 0.354 e. The molecule has 0 amide bonds. The molecule has 0 fully saturated rings. The van der Waals surface area contributed by atoms with Crippen molar-refractivity contribution in [1.29, 1.82) is 0 Å². The number of aromatic nitrogens is 4. The Labute approximate surface area is 405 Å². The first-order valence-corrected chi connectivity index (χ1v) is 26.5. The van der Waals surface area contributed by atoms with Gasteiger partial charge in [0, 0.05) is 88.7 Å². The molecule has 5 heterocycles. The average molecular weight is 1070 g/mol. The molecule has 0 aliphatic carbocycles. The quantitative estimate of drug-likeness (QED) is 0.0826. The van der Waals surface area contributed by atoms with Crippen molar-refractivity contribution in [2.45, 2.75) is 19.6 Å². The van der Waals surface area contributed by atoms with E-state index in [4.69, 9.17) is 46.4 Å². The first-order chi connectivity index (χ1) is 31.9. The molecule has 0 saturated heterocycles. The van der Waals surface area contributed by atoms with Crippen LogP contribution in [0.5, 0.6) is 0 Å². The first-order valence-electron chi connectivity index (χ1n) is 19.3. The van der Waals surface area contributed by atoms with Crippen LogP contribution in [0.3, 0.4) is 0 Å². The normalized spacial score (nSPS) is 13.6. The lowest BCUT2D eigenvalue weighted by Gasteiger charge is -2.13. The lowest BCUT2D eigenvalue weighted by atomic mass is 10.0. The number of nitrogens with one attached hydrogen (secondary N) is 4. The number of benzene rings is 4. The van der Waals surface area contributed by atoms with Gasteiger partial charge in [-0.15, -0.1) is 0 Å². The standard InChI is InChI=1S/C44H28Cl4N4O12S4/c45-41-21(5-1-9-33(41)65(53,54)55)37-25-13-15-27(49-25)38(22-6-2-10-34(42(22)46)66(56,57)58)29-17-19-31(51-29)40(24-8-4-12-36(44(24)48)68(62,63)64)32-20-18-30(52-32)39(28-16-14-26(37)50-28)23-7-3-11-35(43(23)47)67(59,60)61/h1-20,49-52H,(H,53,54,55)(H,56,57,58)(H,59,60,61)(H,62,63,64). The maximum atomic E-state index is 12.6. The summed E-state index contributed by atoms with van der Waals surface area (Å²) >= 11 is 27.3. The molecule has 68 heavy (non-hydrogen) atoms. The molecule has 1 aliphatic heterocycles. The third kappa shape index (κ3) is 8.46. The number of fused-ring (bicyclic) bond motifs is 8. The van der Waals surface area contributed by atoms with Crippen molar-refractivity contribution in [2.75, 3.05) is 0 Å². The van der Waals surface area contributed by atoms with E-state index in [9.17, 15) is 51.9 Å². The van der Waals surface area contributed by atoms with Gasteiger partial charge in [0.15, 0.2) is 0 Å². The summed E-state index contributed by atoms with van der Waals surface area (Å²) in [7, 11) is -19.5. The van der Waals surface area contributed by atoms with Crippen molar-refractivity contribution in [1.82, 2.24) is 19.9 Å². The van der Waals surface area contributed by atoms with E-state index >= 15 is 0 Å². The van der Waals surface area contributed by atoms with E-state index in [1.165, 1.54) is 48.5 Å². The number of aromatic amines is 4. The van der Waals surface area contributed by atoms with Gasteiger partial charge in [-0.2, -0.15) is 33.7 Å². The molecule has 0 spiro atoms. The Balaban J connectivity index is 1.51. The van der Waals surface area contributed by atoms with Gasteiger partial charge >= 0.3 is 0 Å². The summed E-state index contributed by atoms with van der Waals surface area (Å²) < 4.78 is 141. The van der Waals surface area contributed by atoms with Crippen LogP contribution in [0.2, 0.25) is 20.1 Å². The first kappa shape index (κ1) is 47.4. The predicted octanol–water partition coefficient (Wildman–Crippen LogP) is 5.90. The van der Waals surface area contributed by atoms with Crippen molar-refractivity contribution in [2.24, 2.45) is 0 Å². The fraction of sp³-hybridized carbons (Fsp3) is 0. The van der Waals surface area contributed by atoms with Crippen LogP contribution in [0.4, 0.5) is 0 Å². The van der Waals surface area contributed by atoms with Crippen molar-refractivity contribution in [3.63, 3.8) is 0 Å². The van der Waals surface area contributed by atoms with Crippen molar-refractivity contribution < 1.29 is 51.9 Å². The molecule has 8 N–H and O–H groups in total. The Morgan fingerprint density at radius 1 is 0.294 bits per heavy atom. The van der Waals surface area contributed by atoms with Crippen molar-refractivity contribution in [3.05, 3.63) is 208 Å². The number of hydrogen-bond donors (Lipinski definition) is 8. The SMILES string of the molecule is O=S(=O)(O)c1cccc(C2=c3ccc([nH]3)=C(c3cccc(S(=O)(=O)O)c3Cl)c3ccc([nH]3)C(c3cccc(S(=O)(=O)O)c3Cl)=c3ccc([nH]3)=C(c3cccc(S(=O)(=O)O)c3Cl)c3ccc2[nH]3)c1Cl.